The third-order valence-corrected chi connectivity index (χ3v) is 6.10. The number of amides is 1. The van der Waals surface area contributed by atoms with Crippen LogP contribution in [-0.2, 0) is 14.8 Å². The molecule has 0 aromatic heterocycles. The Balaban J connectivity index is 1.80. The number of carbonyl (C=O) groups excluding carboxylic acids is 1. The molecule has 1 saturated carbocycles. The molecule has 1 aromatic rings. The number of carboxylic acids is 1. The lowest BCUT2D eigenvalue weighted by Gasteiger charge is -2.34. The number of sulfonamides is 1. The fraction of sp³-hybridized carbons (Fsp3) is 0.529. The number of benzene rings is 1. The zero-order chi connectivity index (χ0) is 18.2. The van der Waals surface area contributed by atoms with Crippen molar-refractivity contribution in [1.29, 1.82) is 0 Å². The summed E-state index contributed by atoms with van der Waals surface area (Å²) in [4.78, 5) is 25.6. The summed E-state index contributed by atoms with van der Waals surface area (Å²) in [6.45, 7) is 2.53. The summed E-state index contributed by atoms with van der Waals surface area (Å²) in [6, 6.07) is 5.91. The highest BCUT2D eigenvalue weighted by atomic mass is 32.2. The monoisotopic (exact) mass is 366 g/mol. The van der Waals surface area contributed by atoms with Crippen molar-refractivity contribution in [2.45, 2.75) is 37.1 Å². The Morgan fingerprint density at radius 1 is 1.24 bits per heavy atom. The summed E-state index contributed by atoms with van der Waals surface area (Å²) in [5, 5.41) is 9.24. The Morgan fingerprint density at radius 3 is 2.60 bits per heavy atom. The van der Waals surface area contributed by atoms with Gasteiger partial charge in [0.15, 0.2) is 0 Å². The van der Waals surface area contributed by atoms with Crippen LogP contribution < -0.4 is 4.72 Å². The van der Waals surface area contributed by atoms with Crippen LogP contribution >= 0.6 is 0 Å². The van der Waals surface area contributed by atoms with Gasteiger partial charge < -0.3 is 10.0 Å². The molecule has 3 rings (SSSR count). The highest BCUT2D eigenvalue weighted by Gasteiger charge is 2.33. The molecule has 1 amide bonds. The fourth-order valence-corrected chi connectivity index (χ4v) is 4.51. The van der Waals surface area contributed by atoms with Gasteiger partial charge in [-0.2, -0.15) is 0 Å². The summed E-state index contributed by atoms with van der Waals surface area (Å²) in [6.07, 6.45) is 2.21. The number of nitrogens with one attached hydrogen (secondary N) is 1. The van der Waals surface area contributed by atoms with Gasteiger partial charge in [0.25, 0.3) is 5.91 Å². The number of likely N-dealkylation sites (tertiary alicyclic amines) is 1. The molecular weight excluding hydrogens is 344 g/mol. The van der Waals surface area contributed by atoms with Crippen molar-refractivity contribution in [3.8, 4) is 0 Å². The maximum absolute atomic E-state index is 12.7. The van der Waals surface area contributed by atoms with Crippen LogP contribution in [0.5, 0.6) is 0 Å². The van der Waals surface area contributed by atoms with Crippen molar-refractivity contribution < 1.29 is 23.1 Å². The van der Waals surface area contributed by atoms with Gasteiger partial charge in [0.05, 0.1) is 10.8 Å². The third-order valence-electron chi connectivity index (χ3n) is 4.59. The Labute approximate surface area is 147 Å². The highest BCUT2D eigenvalue weighted by molar-refractivity contribution is 7.89. The van der Waals surface area contributed by atoms with E-state index in [4.69, 9.17) is 0 Å². The quantitative estimate of drug-likeness (QED) is 0.818. The largest absolute Gasteiger partial charge is 0.481 e. The average Bonchev–Trinajstić information content (AvgIpc) is 3.37. The number of hydrogen-bond donors (Lipinski definition) is 2. The lowest BCUT2D eigenvalue weighted by molar-refractivity contribution is -0.143. The van der Waals surface area contributed by atoms with Gasteiger partial charge >= 0.3 is 5.97 Å². The van der Waals surface area contributed by atoms with E-state index in [-0.39, 0.29) is 34.9 Å². The number of carbonyl (C=O) groups is 2. The second-order valence-corrected chi connectivity index (χ2v) is 8.72. The molecule has 1 saturated heterocycles. The predicted molar refractivity (Wildman–Crippen MR) is 90.6 cm³/mol. The van der Waals surface area contributed by atoms with Crippen molar-refractivity contribution in [3.05, 3.63) is 29.8 Å². The highest BCUT2D eigenvalue weighted by Crippen LogP contribution is 2.25. The molecule has 1 aliphatic heterocycles. The Kier molecular flexibility index (Phi) is 4.83. The number of aliphatic carboxylic acids is 1. The molecule has 2 fully saturated rings. The Bertz CT molecular complexity index is 788. The minimum absolute atomic E-state index is 0.0105. The van der Waals surface area contributed by atoms with E-state index >= 15 is 0 Å². The van der Waals surface area contributed by atoms with Gasteiger partial charge in [-0.05, 0) is 43.4 Å². The van der Waals surface area contributed by atoms with Crippen LogP contribution in [0.2, 0.25) is 0 Å². The van der Waals surface area contributed by atoms with Gasteiger partial charge in [0.1, 0.15) is 0 Å². The molecule has 0 spiro atoms. The summed E-state index contributed by atoms with van der Waals surface area (Å²) in [7, 11) is -3.63. The predicted octanol–water partition coefficient (Wildman–Crippen LogP) is 1.31. The number of carboxylic acid groups (broad SMARTS) is 1. The molecular formula is C17H22N2O5S. The van der Waals surface area contributed by atoms with Gasteiger partial charge in [0, 0.05) is 24.7 Å². The molecule has 2 unspecified atom stereocenters. The zero-order valence-electron chi connectivity index (χ0n) is 14.0. The van der Waals surface area contributed by atoms with Crippen molar-refractivity contribution in [2.24, 2.45) is 11.8 Å². The SMILES string of the molecule is CC1CC(C(=O)O)CN(C(=O)c2cccc(S(=O)(=O)NC3CC3)c2)C1. The van der Waals surface area contributed by atoms with Crippen molar-refractivity contribution in [3.63, 3.8) is 0 Å². The molecule has 0 radical (unpaired) electrons. The number of nitrogens with zero attached hydrogens (tertiary/aromatic N) is 1. The first-order valence-electron chi connectivity index (χ1n) is 8.41. The minimum atomic E-state index is -3.63. The van der Waals surface area contributed by atoms with E-state index < -0.39 is 21.9 Å². The van der Waals surface area contributed by atoms with E-state index in [2.05, 4.69) is 4.72 Å². The normalized spacial score (nSPS) is 24.1. The van der Waals surface area contributed by atoms with Crippen LogP contribution in [0.4, 0.5) is 0 Å². The van der Waals surface area contributed by atoms with Crippen LogP contribution in [0.25, 0.3) is 0 Å². The van der Waals surface area contributed by atoms with Gasteiger partial charge in [-0.1, -0.05) is 13.0 Å². The first-order chi connectivity index (χ1) is 11.8. The van der Waals surface area contributed by atoms with E-state index in [9.17, 15) is 23.1 Å². The minimum Gasteiger partial charge on any atom is -0.481 e. The van der Waals surface area contributed by atoms with Crippen LogP contribution in [0.1, 0.15) is 36.5 Å². The lowest BCUT2D eigenvalue weighted by atomic mass is 9.90. The molecule has 2 N–H and O–H groups in total. The lowest BCUT2D eigenvalue weighted by Crippen LogP contribution is -2.45. The van der Waals surface area contributed by atoms with Crippen LogP contribution in [0.15, 0.2) is 29.2 Å². The fourth-order valence-electron chi connectivity index (χ4n) is 3.16. The smallest absolute Gasteiger partial charge is 0.308 e. The van der Waals surface area contributed by atoms with Gasteiger partial charge in [-0.25, -0.2) is 13.1 Å². The summed E-state index contributed by atoms with van der Waals surface area (Å²) >= 11 is 0. The molecule has 1 heterocycles. The standard InChI is InChI=1S/C17H22N2O5S/c1-11-7-13(17(21)22)10-19(9-11)16(20)12-3-2-4-15(8-12)25(23,24)18-14-5-6-14/h2-4,8,11,13-14,18H,5-7,9-10H2,1H3,(H,21,22). The molecule has 2 aliphatic rings. The molecule has 2 atom stereocenters. The van der Waals surface area contributed by atoms with Crippen molar-refractivity contribution in [2.75, 3.05) is 13.1 Å². The molecule has 1 aromatic carbocycles. The second-order valence-electron chi connectivity index (χ2n) is 7.01. The summed E-state index contributed by atoms with van der Waals surface area (Å²) in [5.74, 6) is -1.74. The summed E-state index contributed by atoms with van der Waals surface area (Å²) in [5.41, 5.74) is 0.261. The van der Waals surface area contributed by atoms with E-state index in [1.165, 1.54) is 23.1 Å². The maximum atomic E-state index is 12.7. The average molecular weight is 366 g/mol. The zero-order valence-corrected chi connectivity index (χ0v) is 14.8. The Hall–Kier alpha value is -1.93. The van der Waals surface area contributed by atoms with Crippen LogP contribution in [0.3, 0.4) is 0 Å². The maximum Gasteiger partial charge on any atom is 0.308 e. The Morgan fingerprint density at radius 2 is 1.96 bits per heavy atom. The second kappa shape index (κ2) is 6.76. The topological polar surface area (TPSA) is 104 Å². The van der Waals surface area contributed by atoms with Crippen molar-refractivity contribution >= 4 is 21.9 Å². The molecule has 7 nitrogen and oxygen atoms in total. The van der Waals surface area contributed by atoms with Gasteiger partial charge in [-0.3, -0.25) is 9.59 Å². The van der Waals surface area contributed by atoms with Crippen LogP contribution in [-0.4, -0.2) is 49.4 Å². The summed E-state index contributed by atoms with van der Waals surface area (Å²) < 4.78 is 27.2. The molecule has 136 valence electrons. The third kappa shape index (κ3) is 4.19. The van der Waals surface area contributed by atoms with E-state index in [1.807, 2.05) is 6.92 Å². The molecule has 0 bridgehead atoms. The first-order valence-corrected chi connectivity index (χ1v) is 9.89. The van der Waals surface area contributed by atoms with Gasteiger partial charge in [0.2, 0.25) is 10.0 Å². The van der Waals surface area contributed by atoms with Gasteiger partial charge in [-0.15, -0.1) is 0 Å². The molecule has 8 heteroatoms. The number of rotatable bonds is 5. The molecule has 25 heavy (non-hydrogen) atoms. The van der Waals surface area contributed by atoms with Crippen molar-refractivity contribution in [1.82, 2.24) is 9.62 Å². The van der Waals surface area contributed by atoms with E-state index in [0.29, 0.717) is 13.0 Å². The first kappa shape index (κ1) is 17.9. The van der Waals surface area contributed by atoms with E-state index in [0.717, 1.165) is 12.8 Å². The number of hydrogen-bond acceptors (Lipinski definition) is 4. The molecule has 1 aliphatic carbocycles. The van der Waals surface area contributed by atoms with Crippen LogP contribution in [0, 0.1) is 11.8 Å². The van der Waals surface area contributed by atoms with E-state index in [1.54, 1.807) is 6.07 Å². The number of piperidine rings is 1.